The van der Waals surface area contributed by atoms with Crippen LogP contribution in [0, 0.1) is 0 Å². The summed E-state index contributed by atoms with van der Waals surface area (Å²) < 4.78 is 5.15. The Morgan fingerprint density at radius 1 is 1.25 bits per heavy atom. The van der Waals surface area contributed by atoms with Crippen molar-refractivity contribution in [1.82, 2.24) is 10.3 Å². The van der Waals surface area contributed by atoms with Crippen LogP contribution in [0.5, 0.6) is 0 Å². The van der Waals surface area contributed by atoms with Crippen LogP contribution in [0.25, 0.3) is 10.9 Å². The number of hydrogen-bond donors (Lipinski definition) is 2. The molecule has 0 spiro atoms. The summed E-state index contributed by atoms with van der Waals surface area (Å²) in [6, 6.07) is 14.2. The number of benzene rings is 2. The Morgan fingerprint density at radius 3 is 2.86 bits per heavy atom. The standard InChI is InChI=1S/C23H25ClN2O2/c1-2-28-23(27)16-8-11-20-19(14-16)18-4-3-5-21(22(18)26-20)25-13-12-15-6-9-17(24)10-7-15/h6-11,14,21,25-26H,2-5,12-13H2,1H3. The van der Waals surface area contributed by atoms with E-state index in [0.29, 0.717) is 18.2 Å². The van der Waals surface area contributed by atoms with Gasteiger partial charge in [-0.25, -0.2) is 4.79 Å². The summed E-state index contributed by atoms with van der Waals surface area (Å²) in [5.74, 6) is -0.257. The Balaban J connectivity index is 1.51. The first-order valence-corrected chi connectivity index (χ1v) is 10.3. The lowest BCUT2D eigenvalue weighted by Crippen LogP contribution is -2.27. The molecular formula is C23H25ClN2O2. The highest BCUT2D eigenvalue weighted by Crippen LogP contribution is 2.35. The number of ether oxygens (including phenoxy) is 1. The summed E-state index contributed by atoms with van der Waals surface area (Å²) in [4.78, 5) is 15.7. The van der Waals surface area contributed by atoms with E-state index < -0.39 is 0 Å². The van der Waals surface area contributed by atoms with Gasteiger partial charge >= 0.3 is 5.97 Å². The molecule has 0 aliphatic heterocycles. The second kappa shape index (κ2) is 8.38. The molecule has 28 heavy (non-hydrogen) atoms. The highest BCUT2D eigenvalue weighted by molar-refractivity contribution is 6.30. The molecule has 1 unspecified atom stereocenters. The number of halogens is 1. The highest BCUT2D eigenvalue weighted by atomic mass is 35.5. The molecular weight excluding hydrogens is 372 g/mol. The van der Waals surface area contributed by atoms with Crippen molar-refractivity contribution in [3.8, 4) is 0 Å². The Morgan fingerprint density at radius 2 is 2.07 bits per heavy atom. The van der Waals surface area contributed by atoms with Gasteiger partial charge in [0, 0.05) is 27.7 Å². The van der Waals surface area contributed by atoms with E-state index >= 15 is 0 Å². The number of H-pyrrole nitrogens is 1. The van der Waals surface area contributed by atoms with Crippen LogP contribution in [0.15, 0.2) is 42.5 Å². The molecule has 0 fully saturated rings. The summed E-state index contributed by atoms with van der Waals surface area (Å²) >= 11 is 5.96. The fourth-order valence-electron chi connectivity index (χ4n) is 4.05. The maximum absolute atomic E-state index is 12.1. The first-order chi connectivity index (χ1) is 13.7. The van der Waals surface area contributed by atoms with Gasteiger partial charge in [-0.1, -0.05) is 23.7 Å². The quantitative estimate of drug-likeness (QED) is 0.562. The first-order valence-electron chi connectivity index (χ1n) is 9.95. The van der Waals surface area contributed by atoms with Crippen LogP contribution < -0.4 is 5.32 Å². The number of hydrogen-bond acceptors (Lipinski definition) is 3. The van der Waals surface area contributed by atoms with Crippen molar-refractivity contribution in [1.29, 1.82) is 0 Å². The van der Waals surface area contributed by atoms with E-state index in [9.17, 15) is 4.79 Å². The Hall–Kier alpha value is -2.30. The molecule has 0 amide bonds. The lowest BCUT2D eigenvalue weighted by Gasteiger charge is -2.24. The van der Waals surface area contributed by atoms with E-state index in [0.717, 1.165) is 48.2 Å². The topological polar surface area (TPSA) is 54.1 Å². The monoisotopic (exact) mass is 396 g/mol. The maximum Gasteiger partial charge on any atom is 0.338 e. The molecule has 0 radical (unpaired) electrons. The predicted molar refractivity (Wildman–Crippen MR) is 113 cm³/mol. The number of rotatable bonds is 6. The van der Waals surface area contributed by atoms with Gasteiger partial charge in [0.25, 0.3) is 0 Å². The third-order valence-electron chi connectivity index (χ3n) is 5.44. The second-order valence-electron chi connectivity index (χ2n) is 7.27. The molecule has 0 bridgehead atoms. The lowest BCUT2D eigenvalue weighted by atomic mass is 9.91. The zero-order valence-electron chi connectivity index (χ0n) is 16.1. The molecule has 1 atom stereocenters. The molecule has 1 heterocycles. The van der Waals surface area contributed by atoms with Crippen LogP contribution in [0.2, 0.25) is 5.02 Å². The fraction of sp³-hybridized carbons (Fsp3) is 0.348. The summed E-state index contributed by atoms with van der Waals surface area (Å²) in [5, 5.41) is 5.62. The number of aromatic amines is 1. The number of carbonyl (C=O) groups is 1. The average Bonchev–Trinajstić information content (AvgIpc) is 3.08. The molecule has 1 aliphatic carbocycles. The summed E-state index contributed by atoms with van der Waals surface area (Å²) in [6.07, 6.45) is 4.26. The molecule has 4 rings (SSSR count). The zero-order valence-corrected chi connectivity index (χ0v) is 16.8. The third kappa shape index (κ3) is 3.94. The second-order valence-corrected chi connectivity index (χ2v) is 7.71. The number of nitrogens with one attached hydrogen (secondary N) is 2. The lowest BCUT2D eigenvalue weighted by molar-refractivity contribution is 0.0526. The Kier molecular flexibility index (Phi) is 5.69. The third-order valence-corrected chi connectivity index (χ3v) is 5.69. The summed E-state index contributed by atoms with van der Waals surface area (Å²) in [6.45, 7) is 3.13. The Bertz CT molecular complexity index is 978. The van der Waals surface area contributed by atoms with Gasteiger partial charge in [-0.15, -0.1) is 0 Å². The molecule has 146 valence electrons. The van der Waals surface area contributed by atoms with E-state index in [-0.39, 0.29) is 5.97 Å². The van der Waals surface area contributed by atoms with Crippen molar-refractivity contribution < 1.29 is 9.53 Å². The smallest absolute Gasteiger partial charge is 0.338 e. The van der Waals surface area contributed by atoms with Crippen LogP contribution in [0.4, 0.5) is 0 Å². The van der Waals surface area contributed by atoms with E-state index in [1.54, 1.807) is 0 Å². The van der Waals surface area contributed by atoms with Crippen LogP contribution in [0.1, 0.15) is 53.0 Å². The summed E-state index contributed by atoms with van der Waals surface area (Å²) in [5.41, 5.74) is 5.58. The van der Waals surface area contributed by atoms with Crippen molar-refractivity contribution in [3.05, 3.63) is 69.9 Å². The molecule has 5 heteroatoms. The minimum atomic E-state index is -0.257. The van der Waals surface area contributed by atoms with E-state index in [2.05, 4.69) is 22.4 Å². The van der Waals surface area contributed by atoms with Gasteiger partial charge in [0.2, 0.25) is 0 Å². The van der Waals surface area contributed by atoms with Crippen molar-refractivity contribution in [2.75, 3.05) is 13.2 Å². The van der Waals surface area contributed by atoms with E-state index in [1.807, 2.05) is 37.3 Å². The molecule has 1 aromatic heterocycles. The Labute approximate surface area is 170 Å². The molecule has 4 nitrogen and oxygen atoms in total. The number of carbonyl (C=O) groups excluding carboxylic acids is 1. The minimum absolute atomic E-state index is 0.257. The fourth-order valence-corrected chi connectivity index (χ4v) is 4.18. The maximum atomic E-state index is 12.1. The van der Waals surface area contributed by atoms with Gasteiger partial charge in [0.05, 0.1) is 12.2 Å². The van der Waals surface area contributed by atoms with Gasteiger partial charge < -0.3 is 15.0 Å². The van der Waals surface area contributed by atoms with Gasteiger partial charge in [0.15, 0.2) is 0 Å². The zero-order chi connectivity index (χ0) is 19.5. The average molecular weight is 397 g/mol. The van der Waals surface area contributed by atoms with Gasteiger partial charge in [0.1, 0.15) is 0 Å². The molecule has 0 saturated heterocycles. The largest absolute Gasteiger partial charge is 0.462 e. The predicted octanol–water partition coefficient (Wildman–Crippen LogP) is 5.21. The molecule has 2 aromatic carbocycles. The van der Waals surface area contributed by atoms with Crippen molar-refractivity contribution in [3.63, 3.8) is 0 Å². The number of esters is 1. The van der Waals surface area contributed by atoms with Crippen molar-refractivity contribution in [2.45, 2.75) is 38.6 Å². The van der Waals surface area contributed by atoms with Crippen LogP contribution in [-0.2, 0) is 17.6 Å². The van der Waals surface area contributed by atoms with Gasteiger partial charge in [-0.3, -0.25) is 0 Å². The molecule has 0 saturated carbocycles. The van der Waals surface area contributed by atoms with Gasteiger partial charge in [-0.05, 0) is 80.6 Å². The van der Waals surface area contributed by atoms with Crippen molar-refractivity contribution in [2.24, 2.45) is 0 Å². The minimum Gasteiger partial charge on any atom is -0.462 e. The summed E-state index contributed by atoms with van der Waals surface area (Å²) in [7, 11) is 0. The first kappa shape index (κ1) is 19.0. The highest BCUT2D eigenvalue weighted by Gasteiger charge is 2.24. The van der Waals surface area contributed by atoms with E-state index in [1.165, 1.54) is 16.8 Å². The van der Waals surface area contributed by atoms with Gasteiger partial charge in [-0.2, -0.15) is 0 Å². The number of fused-ring (bicyclic) bond motifs is 3. The van der Waals surface area contributed by atoms with Crippen LogP contribution >= 0.6 is 11.6 Å². The number of aryl methyl sites for hydroxylation is 1. The molecule has 1 aliphatic rings. The van der Waals surface area contributed by atoms with E-state index in [4.69, 9.17) is 16.3 Å². The molecule has 3 aromatic rings. The van der Waals surface area contributed by atoms with Crippen LogP contribution in [-0.4, -0.2) is 24.1 Å². The van der Waals surface area contributed by atoms with Crippen LogP contribution in [0.3, 0.4) is 0 Å². The SMILES string of the molecule is CCOC(=O)c1ccc2[nH]c3c(c2c1)CCCC3NCCc1ccc(Cl)cc1. The molecule has 2 N–H and O–H groups in total. The number of aromatic nitrogens is 1. The normalized spacial score (nSPS) is 16.1. The van der Waals surface area contributed by atoms with Crippen molar-refractivity contribution >= 4 is 28.5 Å².